The van der Waals surface area contributed by atoms with E-state index in [1.165, 1.54) is 24.0 Å². The Morgan fingerprint density at radius 2 is 2.00 bits per heavy atom. The van der Waals surface area contributed by atoms with Gasteiger partial charge in [-0.1, -0.05) is 36.8 Å². The number of hydrogen-bond donors (Lipinski definition) is 0. The topological polar surface area (TPSA) is 20.3 Å². The second kappa shape index (κ2) is 5.59. The van der Waals surface area contributed by atoms with Crippen LogP contribution in [0.5, 0.6) is 0 Å². The number of carbonyl (C=O) groups is 1. The molecule has 1 aliphatic heterocycles. The molecule has 1 saturated carbocycles. The number of piperidine rings is 1. The second-order valence-electron chi connectivity index (χ2n) is 6.80. The third-order valence-electron chi connectivity index (χ3n) is 4.90. The predicted octanol–water partition coefficient (Wildman–Crippen LogP) is 3.43. The summed E-state index contributed by atoms with van der Waals surface area (Å²) in [6.07, 6.45) is 4.66. The summed E-state index contributed by atoms with van der Waals surface area (Å²) < 4.78 is 0. The lowest BCUT2D eigenvalue weighted by Crippen LogP contribution is -2.41. The van der Waals surface area contributed by atoms with Gasteiger partial charge in [0.1, 0.15) is 0 Å². The molecular weight excluding hydrogens is 246 g/mol. The van der Waals surface area contributed by atoms with Crippen LogP contribution in [-0.2, 0) is 11.2 Å². The highest BCUT2D eigenvalue weighted by Crippen LogP contribution is 2.40. The van der Waals surface area contributed by atoms with Gasteiger partial charge < -0.3 is 4.90 Å². The third-order valence-corrected chi connectivity index (χ3v) is 4.90. The molecule has 1 aromatic carbocycles. The van der Waals surface area contributed by atoms with Gasteiger partial charge in [0.05, 0.1) is 0 Å². The van der Waals surface area contributed by atoms with Gasteiger partial charge in [0.2, 0.25) is 5.91 Å². The van der Waals surface area contributed by atoms with Gasteiger partial charge in [0.15, 0.2) is 0 Å². The summed E-state index contributed by atoms with van der Waals surface area (Å²) in [6, 6.07) is 8.85. The van der Waals surface area contributed by atoms with Gasteiger partial charge >= 0.3 is 0 Å². The van der Waals surface area contributed by atoms with Gasteiger partial charge in [-0.15, -0.1) is 0 Å². The molecule has 0 aromatic heterocycles. The molecule has 2 aliphatic rings. The second-order valence-corrected chi connectivity index (χ2v) is 6.80. The third kappa shape index (κ3) is 3.05. The number of amides is 1. The van der Waals surface area contributed by atoms with E-state index in [2.05, 4.69) is 43.0 Å². The van der Waals surface area contributed by atoms with Crippen LogP contribution in [0.2, 0.25) is 0 Å². The highest BCUT2D eigenvalue weighted by molar-refractivity contribution is 5.81. The molecule has 1 amide bonds. The van der Waals surface area contributed by atoms with Gasteiger partial charge in [-0.25, -0.2) is 0 Å². The van der Waals surface area contributed by atoms with E-state index in [4.69, 9.17) is 0 Å². The maximum absolute atomic E-state index is 12.3. The zero-order valence-corrected chi connectivity index (χ0v) is 12.6. The molecule has 1 aromatic rings. The fraction of sp³-hybridized carbons (Fsp3) is 0.611. The number of aryl methyl sites for hydroxylation is 1. The largest absolute Gasteiger partial charge is 0.342 e. The summed E-state index contributed by atoms with van der Waals surface area (Å²) in [4.78, 5) is 14.5. The molecule has 0 N–H and O–H groups in total. The molecule has 20 heavy (non-hydrogen) atoms. The summed E-state index contributed by atoms with van der Waals surface area (Å²) in [7, 11) is 0. The van der Waals surface area contributed by atoms with E-state index in [-0.39, 0.29) is 0 Å². The molecule has 3 atom stereocenters. The molecule has 0 bridgehead atoms. The van der Waals surface area contributed by atoms with E-state index in [0.717, 1.165) is 25.9 Å². The summed E-state index contributed by atoms with van der Waals surface area (Å²) in [5, 5.41) is 0. The Morgan fingerprint density at radius 1 is 1.30 bits per heavy atom. The molecule has 108 valence electrons. The normalized spacial score (nSPS) is 29.3. The smallest absolute Gasteiger partial charge is 0.225 e. The van der Waals surface area contributed by atoms with Gasteiger partial charge in [-0.05, 0) is 50.0 Å². The highest BCUT2D eigenvalue weighted by Gasteiger charge is 2.42. The average molecular weight is 271 g/mol. The van der Waals surface area contributed by atoms with Crippen molar-refractivity contribution in [1.29, 1.82) is 0 Å². The van der Waals surface area contributed by atoms with E-state index in [1.807, 2.05) is 0 Å². The molecule has 2 heteroatoms. The molecule has 0 unspecified atom stereocenters. The zero-order valence-electron chi connectivity index (χ0n) is 12.6. The van der Waals surface area contributed by atoms with Gasteiger partial charge in [0, 0.05) is 19.0 Å². The van der Waals surface area contributed by atoms with Crippen LogP contribution < -0.4 is 0 Å². The van der Waals surface area contributed by atoms with Gasteiger partial charge in [-0.2, -0.15) is 0 Å². The molecule has 1 heterocycles. The van der Waals surface area contributed by atoms with E-state index in [1.54, 1.807) is 0 Å². The lowest BCUT2D eigenvalue weighted by Gasteiger charge is -2.33. The van der Waals surface area contributed by atoms with E-state index in [0.29, 0.717) is 23.7 Å². The van der Waals surface area contributed by atoms with Crippen LogP contribution in [0, 0.1) is 24.7 Å². The number of hydrogen-bond acceptors (Lipinski definition) is 1. The van der Waals surface area contributed by atoms with Crippen molar-refractivity contribution in [2.45, 2.75) is 39.5 Å². The first-order valence-corrected chi connectivity index (χ1v) is 7.98. The van der Waals surface area contributed by atoms with Gasteiger partial charge in [-0.3, -0.25) is 4.79 Å². The minimum Gasteiger partial charge on any atom is -0.342 e. The number of nitrogens with zero attached hydrogens (tertiary/aromatic N) is 1. The van der Waals surface area contributed by atoms with Crippen molar-refractivity contribution in [1.82, 2.24) is 4.90 Å². The Bertz CT molecular complexity index is 479. The minimum atomic E-state index is 0.341. The number of rotatable bonds is 3. The molecule has 3 rings (SSSR count). The Balaban J connectivity index is 1.57. The zero-order chi connectivity index (χ0) is 14.1. The highest BCUT2D eigenvalue weighted by atomic mass is 16.2. The lowest BCUT2D eigenvalue weighted by molar-refractivity contribution is -0.134. The van der Waals surface area contributed by atoms with Crippen LogP contribution >= 0.6 is 0 Å². The SMILES string of the molecule is Cc1ccc(C[C@@H]2CCCN(C(=O)[C@@H]3C[C@H]3C)C2)cc1. The van der Waals surface area contributed by atoms with Crippen molar-refractivity contribution in [2.24, 2.45) is 17.8 Å². The van der Waals surface area contributed by atoms with Gasteiger partial charge in [0.25, 0.3) is 0 Å². The Morgan fingerprint density at radius 3 is 2.65 bits per heavy atom. The van der Waals surface area contributed by atoms with Crippen LogP contribution in [0.25, 0.3) is 0 Å². The molecule has 1 saturated heterocycles. The van der Waals surface area contributed by atoms with Crippen molar-refractivity contribution in [3.63, 3.8) is 0 Å². The quantitative estimate of drug-likeness (QED) is 0.824. The Hall–Kier alpha value is -1.31. The summed E-state index contributed by atoms with van der Waals surface area (Å²) in [6.45, 7) is 6.26. The molecule has 2 fully saturated rings. The van der Waals surface area contributed by atoms with Crippen molar-refractivity contribution in [3.8, 4) is 0 Å². The maximum atomic E-state index is 12.3. The fourth-order valence-electron chi connectivity index (χ4n) is 3.39. The van der Waals surface area contributed by atoms with Crippen molar-refractivity contribution >= 4 is 5.91 Å². The number of carbonyl (C=O) groups excluding carboxylic acids is 1. The first kappa shape index (κ1) is 13.7. The summed E-state index contributed by atoms with van der Waals surface area (Å²) >= 11 is 0. The van der Waals surface area contributed by atoms with Crippen LogP contribution in [0.4, 0.5) is 0 Å². The molecule has 2 nitrogen and oxygen atoms in total. The maximum Gasteiger partial charge on any atom is 0.225 e. The van der Waals surface area contributed by atoms with Crippen molar-refractivity contribution in [3.05, 3.63) is 35.4 Å². The van der Waals surface area contributed by atoms with Crippen molar-refractivity contribution in [2.75, 3.05) is 13.1 Å². The molecular formula is C18H25NO. The van der Waals surface area contributed by atoms with E-state index < -0.39 is 0 Å². The Kier molecular flexibility index (Phi) is 3.82. The van der Waals surface area contributed by atoms with Crippen LogP contribution in [-0.4, -0.2) is 23.9 Å². The predicted molar refractivity (Wildman–Crippen MR) is 81.5 cm³/mol. The minimum absolute atomic E-state index is 0.341. The van der Waals surface area contributed by atoms with Crippen molar-refractivity contribution < 1.29 is 4.79 Å². The first-order valence-electron chi connectivity index (χ1n) is 7.98. The number of benzene rings is 1. The molecule has 0 spiro atoms. The lowest BCUT2D eigenvalue weighted by atomic mass is 9.91. The average Bonchev–Trinajstić information content (AvgIpc) is 3.18. The van der Waals surface area contributed by atoms with Crippen LogP contribution in [0.1, 0.15) is 37.3 Å². The first-order chi connectivity index (χ1) is 9.63. The monoisotopic (exact) mass is 271 g/mol. The Labute approximate surface area is 122 Å². The van der Waals surface area contributed by atoms with E-state index >= 15 is 0 Å². The standard InChI is InChI=1S/C18H25NO/c1-13-5-7-15(8-6-13)11-16-4-3-9-19(12-16)18(20)17-10-14(17)2/h5-8,14,16-17H,3-4,9-12H2,1-2H3/t14-,16+,17-/m1/s1. The summed E-state index contributed by atoms with van der Waals surface area (Å²) in [5.74, 6) is 2.03. The number of likely N-dealkylation sites (tertiary alicyclic amines) is 1. The fourth-order valence-corrected chi connectivity index (χ4v) is 3.39. The van der Waals surface area contributed by atoms with E-state index in [9.17, 15) is 4.79 Å². The van der Waals surface area contributed by atoms with Crippen LogP contribution in [0.3, 0.4) is 0 Å². The molecule has 0 radical (unpaired) electrons. The summed E-state index contributed by atoms with van der Waals surface area (Å²) in [5.41, 5.74) is 2.73. The molecule has 1 aliphatic carbocycles. The van der Waals surface area contributed by atoms with Crippen LogP contribution in [0.15, 0.2) is 24.3 Å².